The van der Waals surface area contributed by atoms with Crippen molar-refractivity contribution in [2.24, 2.45) is 5.92 Å². The van der Waals surface area contributed by atoms with E-state index < -0.39 is 0 Å². The van der Waals surface area contributed by atoms with Crippen LogP contribution in [-0.4, -0.2) is 47.2 Å². The SMILES string of the molecule is Cc1ncccc1CNc1ccc(C=O)c(CN(C)CCNC(=O)C2CC2)n1. The highest BCUT2D eigenvalue weighted by atomic mass is 16.2. The van der Waals surface area contributed by atoms with E-state index >= 15 is 0 Å². The van der Waals surface area contributed by atoms with Crippen molar-refractivity contribution >= 4 is 18.0 Å². The van der Waals surface area contributed by atoms with E-state index in [2.05, 4.69) is 25.5 Å². The van der Waals surface area contributed by atoms with Crippen molar-refractivity contribution in [2.45, 2.75) is 32.9 Å². The van der Waals surface area contributed by atoms with Gasteiger partial charge in [0.2, 0.25) is 5.91 Å². The molecule has 1 aliphatic rings. The highest BCUT2D eigenvalue weighted by Gasteiger charge is 2.29. The number of carbonyl (C=O) groups excluding carboxylic acids is 2. The first-order valence-electron chi connectivity index (χ1n) is 9.62. The highest BCUT2D eigenvalue weighted by molar-refractivity contribution is 5.80. The van der Waals surface area contributed by atoms with Crippen LogP contribution in [-0.2, 0) is 17.9 Å². The number of amides is 1. The van der Waals surface area contributed by atoms with Crippen molar-refractivity contribution in [3.8, 4) is 0 Å². The van der Waals surface area contributed by atoms with E-state index in [1.165, 1.54) is 0 Å². The van der Waals surface area contributed by atoms with Crippen molar-refractivity contribution in [1.29, 1.82) is 0 Å². The Kier molecular flexibility index (Phi) is 6.71. The van der Waals surface area contributed by atoms with Gasteiger partial charge in [-0.05, 0) is 50.6 Å². The van der Waals surface area contributed by atoms with Gasteiger partial charge in [-0.25, -0.2) is 4.98 Å². The summed E-state index contributed by atoms with van der Waals surface area (Å²) in [6, 6.07) is 7.54. The molecule has 7 heteroatoms. The summed E-state index contributed by atoms with van der Waals surface area (Å²) in [6.45, 7) is 4.43. The molecule has 2 aromatic rings. The van der Waals surface area contributed by atoms with Crippen molar-refractivity contribution in [3.05, 3.63) is 53.0 Å². The molecule has 7 nitrogen and oxygen atoms in total. The molecule has 2 heterocycles. The summed E-state index contributed by atoms with van der Waals surface area (Å²) in [5.41, 5.74) is 3.39. The molecule has 0 saturated heterocycles. The third-order valence-corrected chi connectivity index (χ3v) is 4.87. The summed E-state index contributed by atoms with van der Waals surface area (Å²) in [5, 5.41) is 6.26. The summed E-state index contributed by atoms with van der Waals surface area (Å²) in [5.74, 6) is 1.09. The second-order valence-corrected chi connectivity index (χ2v) is 7.25. The number of nitrogens with one attached hydrogen (secondary N) is 2. The Morgan fingerprint density at radius 3 is 2.86 bits per heavy atom. The lowest BCUT2D eigenvalue weighted by Crippen LogP contribution is -2.33. The van der Waals surface area contributed by atoms with Gasteiger partial charge in [0.25, 0.3) is 0 Å². The first-order valence-corrected chi connectivity index (χ1v) is 9.62. The average molecular weight is 381 g/mol. The van der Waals surface area contributed by atoms with Crippen molar-refractivity contribution in [2.75, 3.05) is 25.5 Å². The first-order chi connectivity index (χ1) is 13.6. The molecule has 1 aliphatic carbocycles. The lowest BCUT2D eigenvalue weighted by Gasteiger charge is -2.18. The van der Waals surface area contributed by atoms with Crippen LogP contribution >= 0.6 is 0 Å². The van der Waals surface area contributed by atoms with Crippen LogP contribution in [0.25, 0.3) is 0 Å². The maximum absolute atomic E-state index is 11.7. The number of hydrogen-bond donors (Lipinski definition) is 2. The number of carbonyl (C=O) groups is 2. The second kappa shape index (κ2) is 9.41. The number of pyridine rings is 2. The van der Waals surface area contributed by atoms with E-state index in [0.29, 0.717) is 31.7 Å². The number of rotatable bonds is 10. The van der Waals surface area contributed by atoms with Crippen molar-refractivity contribution in [3.63, 3.8) is 0 Å². The summed E-state index contributed by atoms with van der Waals surface area (Å²) in [7, 11) is 1.96. The molecule has 0 bridgehead atoms. The predicted octanol–water partition coefficient (Wildman–Crippen LogP) is 2.17. The minimum atomic E-state index is 0.150. The smallest absolute Gasteiger partial charge is 0.223 e. The molecule has 2 aromatic heterocycles. The molecular formula is C21H27N5O2. The summed E-state index contributed by atoms with van der Waals surface area (Å²) in [6.07, 6.45) is 4.62. The zero-order valence-electron chi connectivity index (χ0n) is 16.4. The van der Waals surface area contributed by atoms with Gasteiger partial charge in [0.05, 0.1) is 5.69 Å². The minimum absolute atomic E-state index is 0.150. The van der Waals surface area contributed by atoms with Crippen LogP contribution in [0.4, 0.5) is 5.82 Å². The van der Waals surface area contributed by atoms with E-state index in [-0.39, 0.29) is 11.8 Å². The third-order valence-electron chi connectivity index (χ3n) is 4.87. The molecular weight excluding hydrogens is 354 g/mol. The molecule has 0 unspecified atom stereocenters. The number of aldehydes is 1. The van der Waals surface area contributed by atoms with Gasteiger partial charge in [-0.2, -0.15) is 0 Å². The minimum Gasteiger partial charge on any atom is -0.366 e. The Bertz CT molecular complexity index is 835. The zero-order valence-corrected chi connectivity index (χ0v) is 16.4. The average Bonchev–Trinajstić information content (AvgIpc) is 3.53. The molecule has 3 rings (SSSR count). The number of likely N-dealkylation sites (N-methyl/N-ethyl adjacent to an activating group) is 1. The van der Waals surface area contributed by atoms with Crippen LogP contribution in [0.3, 0.4) is 0 Å². The number of aryl methyl sites for hydroxylation is 1. The number of nitrogens with zero attached hydrogens (tertiary/aromatic N) is 3. The summed E-state index contributed by atoms with van der Waals surface area (Å²) >= 11 is 0. The van der Waals surface area contributed by atoms with E-state index in [0.717, 1.165) is 41.9 Å². The largest absolute Gasteiger partial charge is 0.366 e. The van der Waals surface area contributed by atoms with E-state index in [1.807, 2.05) is 32.2 Å². The Balaban J connectivity index is 1.56. The van der Waals surface area contributed by atoms with Crippen molar-refractivity contribution < 1.29 is 9.59 Å². The lowest BCUT2D eigenvalue weighted by atomic mass is 10.2. The van der Waals surface area contributed by atoms with Crippen LogP contribution in [0.15, 0.2) is 30.5 Å². The summed E-state index contributed by atoms with van der Waals surface area (Å²) in [4.78, 5) is 34.0. The third kappa shape index (κ3) is 5.60. The molecule has 0 spiro atoms. The molecule has 148 valence electrons. The van der Waals surface area contributed by atoms with Crippen LogP contribution in [0, 0.1) is 12.8 Å². The topological polar surface area (TPSA) is 87.2 Å². The van der Waals surface area contributed by atoms with E-state index in [9.17, 15) is 9.59 Å². The number of anilines is 1. The van der Waals surface area contributed by atoms with Crippen LogP contribution in [0.5, 0.6) is 0 Å². The fourth-order valence-corrected chi connectivity index (χ4v) is 2.93. The molecule has 0 aromatic carbocycles. The number of hydrogen-bond acceptors (Lipinski definition) is 6. The fraction of sp³-hybridized carbons (Fsp3) is 0.429. The van der Waals surface area contributed by atoms with E-state index in [1.54, 1.807) is 12.3 Å². The first kappa shape index (κ1) is 19.9. The van der Waals surface area contributed by atoms with Crippen LogP contribution in [0.1, 0.15) is 40.2 Å². The summed E-state index contributed by atoms with van der Waals surface area (Å²) < 4.78 is 0. The van der Waals surface area contributed by atoms with Gasteiger partial charge in [0, 0.05) is 49.6 Å². The van der Waals surface area contributed by atoms with Gasteiger partial charge in [-0.3, -0.25) is 19.5 Å². The monoisotopic (exact) mass is 381 g/mol. The lowest BCUT2D eigenvalue weighted by molar-refractivity contribution is -0.122. The van der Waals surface area contributed by atoms with Gasteiger partial charge in [0.15, 0.2) is 6.29 Å². The molecule has 28 heavy (non-hydrogen) atoms. The van der Waals surface area contributed by atoms with Gasteiger partial charge in [0.1, 0.15) is 5.82 Å². The van der Waals surface area contributed by atoms with Crippen molar-refractivity contribution in [1.82, 2.24) is 20.2 Å². The Labute approximate surface area is 165 Å². The normalized spacial score (nSPS) is 13.4. The quantitative estimate of drug-likeness (QED) is 0.614. The Morgan fingerprint density at radius 1 is 1.32 bits per heavy atom. The molecule has 2 N–H and O–H groups in total. The molecule has 0 aliphatic heterocycles. The molecule has 1 saturated carbocycles. The molecule has 0 atom stereocenters. The highest BCUT2D eigenvalue weighted by Crippen LogP contribution is 2.28. The van der Waals surface area contributed by atoms with Gasteiger partial charge >= 0.3 is 0 Å². The van der Waals surface area contributed by atoms with Gasteiger partial charge in [-0.1, -0.05) is 6.07 Å². The maximum Gasteiger partial charge on any atom is 0.223 e. The Hall–Kier alpha value is -2.80. The van der Waals surface area contributed by atoms with Crippen LogP contribution < -0.4 is 10.6 Å². The molecule has 0 radical (unpaired) electrons. The standard InChI is InChI=1S/C21H27N5O2/c1-15-17(4-3-9-22-15)12-24-20-8-7-18(14-27)19(25-20)13-26(2)11-10-23-21(28)16-5-6-16/h3-4,7-9,14,16H,5-6,10-13H2,1-2H3,(H,23,28)(H,24,25). The second-order valence-electron chi connectivity index (χ2n) is 7.25. The predicted molar refractivity (Wildman–Crippen MR) is 108 cm³/mol. The maximum atomic E-state index is 11.7. The van der Waals surface area contributed by atoms with Gasteiger partial charge in [-0.15, -0.1) is 0 Å². The molecule has 1 amide bonds. The zero-order chi connectivity index (χ0) is 19.9. The number of aromatic nitrogens is 2. The van der Waals surface area contributed by atoms with Gasteiger partial charge < -0.3 is 10.6 Å². The van der Waals surface area contributed by atoms with Crippen LogP contribution in [0.2, 0.25) is 0 Å². The fourth-order valence-electron chi connectivity index (χ4n) is 2.93. The van der Waals surface area contributed by atoms with E-state index in [4.69, 9.17) is 0 Å². The molecule has 1 fully saturated rings. The Morgan fingerprint density at radius 2 is 2.14 bits per heavy atom.